The number of hydrogen-bond acceptors (Lipinski definition) is 4. The Balaban J connectivity index is 0.00000110. The number of rotatable bonds is 5. The zero-order valence-electron chi connectivity index (χ0n) is 11.4. The van der Waals surface area contributed by atoms with Gasteiger partial charge in [0.25, 0.3) is 0 Å². The maximum absolute atomic E-state index is 11.8. The van der Waals surface area contributed by atoms with Crippen molar-refractivity contribution >= 4 is 47.3 Å². The number of nitrogens with one attached hydrogen (secondary N) is 2. The zero-order chi connectivity index (χ0) is 13.1. The smallest absolute Gasteiger partial charge is 0.238 e. The second-order valence-corrected chi connectivity index (χ2v) is 4.87. The Morgan fingerprint density at radius 2 is 2.05 bits per heavy atom. The summed E-state index contributed by atoms with van der Waals surface area (Å²) in [5.74, 6) is 0.746. The molecule has 0 aromatic carbocycles. The molecule has 1 aliphatic rings. The maximum Gasteiger partial charge on any atom is 0.238 e. The van der Waals surface area contributed by atoms with Crippen molar-refractivity contribution in [2.45, 2.75) is 12.8 Å². The molecule has 1 amide bonds. The molecule has 2 aromatic heterocycles. The Hall–Kier alpha value is -1.43. The van der Waals surface area contributed by atoms with Gasteiger partial charge in [0.05, 0.1) is 17.7 Å². The fraction of sp³-hybridized carbons (Fsp3) is 0.357. The third-order valence-electron chi connectivity index (χ3n) is 3.23. The number of amides is 1. The third kappa shape index (κ3) is 4.81. The van der Waals surface area contributed by atoms with Gasteiger partial charge in [0.1, 0.15) is 0 Å². The molecule has 0 atom stereocenters. The number of fused-ring (bicyclic) bond motifs is 1. The average molecular weight is 329 g/mol. The van der Waals surface area contributed by atoms with Gasteiger partial charge in [0.2, 0.25) is 5.91 Å². The molecule has 114 valence electrons. The predicted molar refractivity (Wildman–Crippen MR) is 88.3 cm³/mol. The summed E-state index contributed by atoms with van der Waals surface area (Å²) in [6.45, 7) is 1.28. The summed E-state index contributed by atoms with van der Waals surface area (Å²) in [5.41, 5.74) is 1.59. The first kappa shape index (κ1) is 17.6. The molecule has 7 heteroatoms. The second-order valence-electron chi connectivity index (χ2n) is 4.87. The van der Waals surface area contributed by atoms with Gasteiger partial charge in [-0.3, -0.25) is 14.8 Å². The van der Waals surface area contributed by atoms with Crippen LogP contribution in [0, 0.1) is 5.92 Å². The van der Waals surface area contributed by atoms with Crippen LogP contribution in [-0.2, 0) is 4.79 Å². The van der Waals surface area contributed by atoms with E-state index in [1.165, 1.54) is 12.8 Å². The van der Waals surface area contributed by atoms with Gasteiger partial charge < -0.3 is 10.6 Å². The third-order valence-corrected chi connectivity index (χ3v) is 3.23. The van der Waals surface area contributed by atoms with Crippen molar-refractivity contribution in [2.24, 2.45) is 5.92 Å². The molecule has 1 saturated carbocycles. The molecule has 2 aromatic rings. The maximum atomic E-state index is 11.8. The number of aromatic nitrogens is 2. The summed E-state index contributed by atoms with van der Waals surface area (Å²) in [6.07, 6.45) is 7.67. The van der Waals surface area contributed by atoms with Crippen LogP contribution in [0.1, 0.15) is 12.8 Å². The summed E-state index contributed by atoms with van der Waals surface area (Å²) in [7, 11) is 0. The zero-order valence-corrected chi connectivity index (χ0v) is 13.0. The van der Waals surface area contributed by atoms with Gasteiger partial charge in [-0.15, -0.1) is 24.8 Å². The first-order chi connectivity index (χ1) is 9.33. The van der Waals surface area contributed by atoms with Crippen LogP contribution in [0.3, 0.4) is 0 Å². The minimum Gasteiger partial charge on any atom is -0.324 e. The molecular weight excluding hydrogens is 311 g/mol. The van der Waals surface area contributed by atoms with Crippen LogP contribution >= 0.6 is 24.8 Å². The highest BCUT2D eigenvalue weighted by molar-refractivity contribution is 6.01. The summed E-state index contributed by atoms with van der Waals surface area (Å²) in [4.78, 5) is 20.1. The largest absolute Gasteiger partial charge is 0.324 e. The topological polar surface area (TPSA) is 66.9 Å². The molecule has 0 saturated heterocycles. The van der Waals surface area contributed by atoms with E-state index in [4.69, 9.17) is 0 Å². The summed E-state index contributed by atoms with van der Waals surface area (Å²) in [6, 6.07) is 3.62. The van der Waals surface area contributed by atoms with Gasteiger partial charge in [0, 0.05) is 24.0 Å². The summed E-state index contributed by atoms with van der Waals surface area (Å²) in [5, 5.41) is 6.93. The molecule has 1 aliphatic carbocycles. The summed E-state index contributed by atoms with van der Waals surface area (Å²) >= 11 is 0. The van der Waals surface area contributed by atoms with Gasteiger partial charge >= 0.3 is 0 Å². The molecular formula is C14H18Cl2N4O. The van der Waals surface area contributed by atoms with Crippen LogP contribution in [0.4, 0.5) is 5.69 Å². The number of pyridine rings is 2. The molecule has 0 spiro atoms. The lowest BCUT2D eigenvalue weighted by atomic mass is 10.2. The lowest BCUT2D eigenvalue weighted by molar-refractivity contribution is -0.115. The number of carbonyl (C=O) groups is 1. The van der Waals surface area contributed by atoms with Crippen molar-refractivity contribution in [1.82, 2.24) is 15.3 Å². The van der Waals surface area contributed by atoms with E-state index >= 15 is 0 Å². The van der Waals surface area contributed by atoms with Crippen LogP contribution in [0.25, 0.3) is 10.9 Å². The van der Waals surface area contributed by atoms with Crippen molar-refractivity contribution < 1.29 is 4.79 Å². The molecule has 2 heterocycles. The van der Waals surface area contributed by atoms with Crippen molar-refractivity contribution in [3.63, 3.8) is 0 Å². The first-order valence-corrected chi connectivity index (χ1v) is 6.52. The monoisotopic (exact) mass is 328 g/mol. The molecule has 1 fully saturated rings. The fourth-order valence-electron chi connectivity index (χ4n) is 2.00. The normalized spacial score (nSPS) is 13.1. The SMILES string of the molecule is Cl.Cl.O=C(CNCC1CC1)Nc1ccnc2ccncc12. The fourth-order valence-corrected chi connectivity index (χ4v) is 2.00. The quantitative estimate of drug-likeness (QED) is 0.884. The molecule has 21 heavy (non-hydrogen) atoms. The van der Waals surface area contributed by atoms with Gasteiger partial charge in [0.15, 0.2) is 0 Å². The van der Waals surface area contributed by atoms with E-state index in [0.29, 0.717) is 6.54 Å². The Bertz CT molecular complexity index is 599. The van der Waals surface area contributed by atoms with E-state index in [1.807, 2.05) is 6.07 Å². The van der Waals surface area contributed by atoms with E-state index in [0.717, 1.165) is 29.1 Å². The van der Waals surface area contributed by atoms with Crippen molar-refractivity contribution in [3.8, 4) is 0 Å². The number of hydrogen-bond donors (Lipinski definition) is 2. The van der Waals surface area contributed by atoms with Crippen molar-refractivity contribution in [1.29, 1.82) is 0 Å². The molecule has 0 bridgehead atoms. The highest BCUT2D eigenvalue weighted by atomic mass is 35.5. The van der Waals surface area contributed by atoms with Gasteiger partial charge in [-0.2, -0.15) is 0 Å². The van der Waals surface area contributed by atoms with Crippen LogP contribution in [-0.4, -0.2) is 29.0 Å². The van der Waals surface area contributed by atoms with Gasteiger partial charge in [-0.25, -0.2) is 0 Å². The number of carbonyl (C=O) groups excluding carboxylic acids is 1. The Morgan fingerprint density at radius 3 is 2.81 bits per heavy atom. The highest BCUT2D eigenvalue weighted by Gasteiger charge is 2.20. The molecule has 5 nitrogen and oxygen atoms in total. The minimum atomic E-state index is -0.0306. The van der Waals surface area contributed by atoms with Gasteiger partial charge in [-0.05, 0) is 37.4 Å². The van der Waals surface area contributed by atoms with Gasteiger partial charge in [-0.1, -0.05) is 0 Å². The molecule has 0 unspecified atom stereocenters. The van der Waals surface area contributed by atoms with E-state index in [2.05, 4.69) is 20.6 Å². The van der Waals surface area contributed by atoms with Crippen LogP contribution < -0.4 is 10.6 Å². The molecule has 2 N–H and O–H groups in total. The second kappa shape index (κ2) is 8.12. The van der Waals surface area contributed by atoms with E-state index < -0.39 is 0 Å². The van der Waals surface area contributed by atoms with Crippen LogP contribution in [0.2, 0.25) is 0 Å². The van der Waals surface area contributed by atoms with E-state index in [-0.39, 0.29) is 30.7 Å². The Kier molecular flexibility index (Phi) is 6.81. The standard InChI is InChI=1S/C14H16N4O.2ClH/c19-14(9-16-7-10-1-2-10)18-13-4-6-17-12-3-5-15-8-11(12)13;;/h3-6,8,10,16H,1-2,7,9H2,(H,17,18,19);2*1H. The molecule has 0 radical (unpaired) electrons. The highest BCUT2D eigenvalue weighted by Crippen LogP contribution is 2.27. The number of halogens is 2. The Labute approximate surface area is 135 Å². The van der Waals surface area contributed by atoms with Crippen LogP contribution in [0.15, 0.2) is 30.7 Å². The van der Waals surface area contributed by atoms with E-state index in [1.54, 1.807) is 24.7 Å². The number of nitrogens with zero attached hydrogens (tertiary/aromatic N) is 2. The lowest BCUT2D eigenvalue weighted by Gasteiger charge is -2.08. The molecule has 0 aliphatic heterocycles. The minimum absolute atomic E-state index is 0. The lowest BCUT2D eigenvalue weighted by Crippen LogP contribution is -2.29. The Morgan fingerprint density at radius 1 is 1.24 bits per heavy atom. The van der Waals surface area contributed by atoms with E-state index in [9.17, 15) is 4.79 Å². The molecule has 3 rings (SSSR count). The van der Waals surface area contributed by atoms with Crippen molar-refractivity contribution in [3.05, 3.63) is 30.7 Å². The summed E-state index contributed by atoms with van der Waals surface area (Å²) < 4.78 is 0. The van der Waals surface area contributed by atoms with Crippen LogP contribution in [0.5, 0.6) is 0 Å². The first-order valence-electron chi connectivity index (χ1n) is 6.52. The predicted octanol–water partition coefficient (Wildman–Crippen LogP) is 2.41. The average Bonchev–Trinajstić information content (AvgIpc) is 3.23. The van der Waals surface area contributed by atoms with Crippen molar-refractivity contribution in [2.75, 3.05) is 18.4 Å². The number of anilines is 1.